The van der Waals surface area contributed by atoms with Gasteiger partial charge in [0, 0.05) is 25.2 Å². The molecule has 3 aromatic heterocycles. The van der Waals surface area contributed by atoms with Gasteiger partial charge in [-0.15, -0.1) is 0 Å². The highest BCUT2D eigenvalue weighted by atomic mass is 16.5. The highest BCUT2D eigenvalue weighted by Gasteiger charge is 2.30. The second-order valence-electron chi connectivity index (χ2n) is 10.2. The molecule has 35 heavy (non-hydrogen) atoms. The summed E-state index contributed by atoms with van der Waals surface area (Å²) in [6, 6.07) is 7.84. The van der Waals surface area contributed by atoms with Gasteiger partial charge in [0.05, 0.1) is 35.7 Å². The molecule has 5 rings (SSSR count). The van der Waals surface area contributed by atoms with Gasteiger partial charge in [0.15, 0.2) is 11.6 Å². The number of likely N-dealkylation sites (tertiary alicyclic amines) is 1. The van der Waals surface area contributed by atoms with Gasteiger partial charge in [-0.05, 0) is 76.9 Å². The Kier molecular flexibility index (Phi) is 6.57. The maximum absolute atomic E-state index is 10.4. The molecule has 2 aliphatic heterocycles. The summed E-state index contributed by atoms with van der Waals surface area (Å²) in [5, 5.41) is 10.4. The summed E-state index contributed by atoms with van der Waals surface area (Å²) in [6.07, 6.45) is 2.00. The average molecular weight is 478 g/mol. The zero-order valence-electron chi connectivity index (χ0n) is 20.9. The fraction of sp³-hybridized carbons (Fsp3) is 0.538. The standard InChI is InChI=1S/C26H35N7O2/c1-17-20(5-7-22(27)28-17)24-30-21-6-4-19(16-32-10-8-18(9-11-32)26(2,3)34)29-23(21)25(31-24)33-12-14-35-15-13-33/h4-7,18,34H,8-16H2,1-3H3,(H2,27,28). The molecule has 0 aliphatic carbocycles. The van der Waals surface area contributed by atoms with Gasteiger partial charge in [-0.1, -0.05) is 0 Å². The minimum absolute atomic E-state index is 0.342. The summed E-state index contributed by atoms with van der Waals surface area (Å²) in [6.45, 7) is 11.3. The van der Waals surface area contributed by atoms with Crippen LogP contribution in [-0.2, 0) is 11.3 Å². The van der Waals surface area contributed by atoms with E-state index in [9.17, 15) is 5.11 Å². The molecular weight excluding hydrogens is 442 g/mol. The van der Waals surface area contributed by atoms with Crippen molar-refractivity contribution in [2.24, 2.45) is 5.92 Å². The number of morpholine rings is 1. The Balaban J connectivity index is 1.47. The summed E-state index contributed by atoms with van der Waals surface area (Å²) in [4.78, 5) is 24.0. The molecule has 2 aliphatic rings. The fourth-order valence-electron chi connectivity index (χ4n) is 5.09. The molecule has 5 heterocycles. The lowest BCUT2D eigenvalue weighted by molar-refractivity contribution is -0.0137. The van der Waals surface area contributed by atoms with Gasteiger partial charge in [0.2, 0.25) is 0 Å². The summed E-state index contributed by atoms with van der Waals surface area (Å²) in [5.74, 6) is 2.30. The number of nitrogens with zero attached hydrogens (tertiary/aromatic N) is 6. The van der Waals surface area contributed by atoms with Crippen LogP contribution in [0.5, 0.6) is 0 Å². The van der Waals surface area contributed by atoms with Crippen molar-refractivity contribution in [3.63, 3.8) is 0 Å². The highest BCUT2D eigenvalue weighted by Crippen LogP contribution is 2.30. The van der Waals surface area contributed by atoms with Gasteiger partial charge in [-0.2, -0.15) is 0 Å². The molecule has 0 bridgehead atoms. The van der Waals surface area contributed by atoms with E-state index in [0.717, 1.165) is 79.4 Å². The van der Waals surface area contributed by atoms with Gasteiger partial charge in [0.1, 0.15) is 11.3 Å². The predicted molar refractivity (Wildman–Crippen MR) is 137 cm³/mol. The van der Waals surface area contributed by atoms with Gasteiger partial charge < -0.3 is 20.5 Å². The smallest absolute Gasteiger partial charge is 0.164 e. The summed E-state index contributed by atoms with van der Waals surface area (Å²) < 4.78 is 5.58. The molecule has 0 atom stereocenters. The van der Waals surface area contributed by atoms with Crippen LogP contribution in [-0.4, -0.2) is 74.9 Å². The molecule has 0 amide bonds. The van der Waals surface area contributed by atoms with Gasteiger partial charge in [-0.25, -0.2) is 19.9 Å². The summed E-state index contributed by atoms with van der Waals surface area (Å²) in [7, 11) is 0. The third kappa shape index (κ3) is 5.22. The third-order valence-corrected chi connectivity index (χ3v) is 7.21. The Morgan fingerprint density at radius 1 is 1.00 bits per heavy atom. The normalized spacial score (nSPS) is 18.3. The molecule has 0 aromatic carbocycles. The Bertz CT molecular complexity index is 1200. The van der Waals surface area contributed by atoms with Crippen molar-refractivity contribution in [2.45, 2.75) is 45.8 Å². The van der Waals surface area contributed by atoms with Crippen LogP contribution in [0.2, 0.25) is 0 Å². The Morgan fingerprint density at radius 2 is 1.74 bits per heavy atom. The average Bonchev–Trinajstić information content (AvgIpc) is 2.84. The first-order valence-electron chi connectivity index (χ1n) is 12.5. The molecular formula is C26H35N7O2. The van der Waals surface area contributed by atoms with Crippen LogP contribution < -0.4 is 10.6 Å². The Labute approximate surface area is 206 Å². The summed E-state index contributed by atoms with van der Waals surface area (Å²) in [5.41, 5.74) is 9.57. The number of aliphatic hydroxyl groups is 1. The van der Waals surface area contributed by atoms with Crippen molar-refractivity contribution in [1.82, 2.24) is 24.8 Å². The first kappa shape index (κ1) is 23.8. The largest absolute Gasteiger partial charge is 0.390 e. The lowest BCUT2D eigenvalue weighted by atomic mass is 9.83. The quantitative estimate of drug-likeness (QED) is 0.572. The number of aromatic nitrogens is 4. The Morgan fingerprint density at radius 3 is 2.43 bits per heavy atom. The lowest BCUT2D eigenvalue weighted by Crippen LogP contribution is -2.41. The van der Waals surface area contributed by atoms with Crippen molar-refractivity contribution in [3.8, 4) is 11.4 Å². The molecule has 9 heteroatoms. The van der Waals surface area contributed by atoms with Crippen LogP contribution in [0.3, 0.4) is 0 Å². The topological polar surface area (TPSA) is 114 Å². The van der Waals surface area contributed by atoms with E-state index in [-0.39, 0.29) is 0 Å². The number of anilines is 2. The number of hydrogen-bond acceptors (Lipinski definition) is 9. The van der Waals surface area contributed by atoms with E-state index >= 15 is 0 Å². The van der Waals surface area contributed by atoms with Gasteiger partial charge >= 0.3 is 0 Å². The first-order chi connectivity index (χ1) is 16.8. The fourth-order valence-corrected chi connectivity index (χ4v) is 5.09. The van der Waals surface area contributed by atoms with E-state index in [0.29, 0.717) is 30.8 Å². The van der Waals surface area contributed by atoms with Crippen molar-refractivity contribution in [3.05, 3.63) is 35.7 Å². The molecule has 0 spiro atoms. The maximum Gasteiger partial charge on any atom is 0.164 e. The SMILES string of the molecule is Cc1nc(N)ccc1-c1nc(N2CCOCC2)c2nc(CN3CCC(C(C)(C)O)CC3)ccc2n1. The number of piperidine rings is 1. The van der Waals surface area contributed by atoms with E-state index in [1.165, 1.54) is 0 Å². The van der Waals surface area contributed by atoms with E-state index in [2.05, 4.69) is 26.9 Å². The van der Waals surface area contributed by atoms with E-state index in [1.54, 1.807) is 6.07 Å². The Hall–Kier alpha value is -2.88. The van der Waals surface area contributed by atoms with Crippen LogP contribution in [0.1, 0.15) is 38.1 Å². The number of aryl methyl sites for hydroxylation is 1. The highest BCUT2D eigenvalue weighted by molar-refractivity contribution is 5.88. The molecule has 0 saturated carbocycles. The van der Waals surface area contributed by atoms with Crippen LogP contribution in [0.25, 0.3) is 22.4 Å². The molecule has 2 saturated heterocycles. The second kappa shape index (κ2) is 9.64. The molecule has 0 unspecified atom stereocenters. The number of nitrogens with two attached hydrogens (primary N) is 1. The molecule has 9 nitrogen and oxygen atoms in total. The first-order valence-corrected chi connectivity index (χ1v) is 12.5. The van der Waals surface area contributed by atoms with Crippen LogP contribution in [0, 0.1) is 12.8 Å². The van der Waals surface area contributed by atoms with Crippen molar-refractivity contribution in [2.75, 3.05) is 50.0 Å². The molecule has 0 radical (unpaired) electrons. The van der Waals surface area contributed by atoms with Crippen molar-refractivity contribution in [1.29, 1.82) is 0 Å². The number of fused-ring (bicyclic) bond motifs is 1. The van der Waals surface area contributed by atoms with Gasteiger partial charge in [-0.3, -0.25) is 4.90 Å². The minimum atomic E-state index is -0.617. The maximum atomic E-state index is 10.4. The van der Waals surface area contributed by atoms with Crippen LogP contribution in [0.4, 0.5) is 11.6 Å². The summed E-state index contributed by atoms with van der Waals surface area (Å²) >= 11 is 0. The molecule has 186 valence electrons. The number of pyridine rings is 2. The lowest BCUT2D eigenvalue weighted by Gasteiger charge is -2.37. The molecule has 3 aromatic rings. The zero-order chi connectivity index (χ0) is 24.6. The van der Waals surface area contributed by atoms with E-state index < -0.39 is 5.60 Å². The number of hydrogen-bond donors (Lipinski definition) is 2. The van der Waals surface area contributed by atoms with Crippen LogP contribution >= 0.6 is 0 Å². The van der Waals surface area contributed by atoms with Crippen molar-refractivity contribution >= 4 is 22.7 Å². The third-order valence-electron chi connectivity index (χ3n) is 7.21. The molecule has 2 fully saturated rings. The number of nitrogen functional groups attached to an aromatic ring is 1. The zero-order valence-corrected chi connectivity index (χ0v) is 20.9. The van der Waals surface area contributed by atoms with Crippen LogP contribution in [0.15, 0.2) is 24.3 Å². The van der Waals surface area contributed by atoms with Gasteiger partial charge in [0.25, 0.3) is 0 Å². The predicted octanol–water partition coefficient (Wildman–Crippen LogP) is 2.80. The number of ether oxygens (including phenoxy) is 1. The van der Waals surface area contributed by atoms with E-state index in [4.69, 9.17) is 25.4 Å². The number of rotatable bonds is 5. The van der Waals surface area contributed by atoms with E-state index in [1.807, 2.05) is 26.8 Å². The molecule has 3 N–H and O–H groups in total. The minimum Gasteiger partial charge on any atom is -0.390 e. The second-order valence-corrected chi connectivity index (χ2v) is 10.2. The monoisotopic (exact) mass is 477 g/mol. The van der Waals surface area contributed by atoms with Crippen molar-refractivity contribution < 1.29 is 9.84 Å².